The van der Waals surface area contributed by atoms with Crippen molar-refractivity contribution >= 4 is 35.0 Å². The van der Waals surface area contributed by atoms with Crippen molar-refractivity contribution in [2.75, 3.05) is 17.2 Å². The molecule has 262 valence electrons. The van der Waals surface area contributed by atoms with Gasteiger partial charge in [0.15, 0.2) is 0 Å². The number of anilines is 2. The minimum absolute atomic E-state index is 0.0210. The van der Waals surface area contributed by atoms with E-state index >= 15 is 0 Å². The minimum atomic E-state index is -0.323. The molecule has 4 aliphatic rings. The third kappa shape index (κ3) is 13.0. The molecule has 0 radical (unpaired) electrons. The SMILES string of the molecule is CCCCC(CC)COc1cc2cc(c1)C(=O)NCc1ccc(cc1)NC(=O)CCCCCCCCC(=O)Nc1ccc(cc1)CNC2=O. The van der Waals surface area contributed by atoms with Crippen molar-refractivity contribution in [2.24, 2.45) is 5.92 Å². The van der Waals surface area contributed by atoms with Gasteiger partial charge in [0.2, 0.25) is 11.8 Å². The van der Waals surface area contributed by atoms with Crippen LogP contribution in [0.1, 0.15) is 123 Å². The molecule has 0 aliphatic carbocycles. The molecule has 0 saturated heterocycles. The van der Waals surface area contributed by atoms with E-state index in [1.54, 1.807) is 18.2 Å². The number of rotatable bonds is 7. The molecule has 4 amide bonds. The number of carbonyl (C=O) groups is 4. The minimum Gasteiger partial charge on any atom is -0.493 e. The Hall–Kier alpha value is -4.66. The second kappa shape index (κ2) is 20.0. The standard InChI is InChI=1S/C40H52N4O5/c1-3-5-12-29(4-2)28-49-36-24-32-23-33(25-36)40(48)42-27-31-17-21-35(22-18-31)44-38(46)14-11-9-7-6-8-10-13-37(45)43-34-19-15-30(16-20-34)26-41-39(32)47/h15-25,29H,3-14,26-28H2,1-2H3,(H,41,47)(H,42,48)(H,43,45)(H,44,46). The molecule has 0 aromatic heterocycles. The molecular weight excluding hydrogens is 616 g/mol. The smallest absolute Gasteiger partial charge is 0.251 e. The average Bonchev–Trinajstić information content (AvgIpc) is 3.11. The second-order valence-electron chi connectivity index (χ2n) is 13.0. The van der Waals surface area contributed by atoms with Crippen LogP contribution in [0.2, 0.25) is 0 Å². The van der Waals surface area contributed by atoms with Gasteiger partial charge in [-0.05, 0) is 78.8 Å². The van der Waals surface area contributed by atoms with E-state index in [0.717, 1.165) is 75.3 Å². The summed E-state index contributed by atoms with van der Waals surface area (Å²) in [5.74, 6) is 0.173. The van der Waals surface area contributed by atoms with Gasteiger partial charge in [-0.15, -0.1) is 0 Å². The quantitative estimate of drug-likeness (QED) is 0.202. The first-order valence-corrected chi connectivity index (χ1v) is 17.9. The maximum Gasteiger partial charge on any atom is 0.251 e. The number of hydrogen-bond donors (Lipinski definition) is 4. The Morgan fingerprint density at radius 2 is 1.10 bits per heavy atom. The van der Waals surface area contributed by atoms with Gasteiger partial charge in [-0.3, -0.25) is 19.2 Å². The number of benzene rings is 3. The summed E-state index contributed by atoms with van der Waals surface area (Å²) < 4.78 is 6.18. The van der Waals surface area contributed by atoms with Crippen LogP contribution in [-0.4, -0.2) is 30.2 Å². The molecule has 6 bridgehead atoms. The van der Waals surface area contributed by atoms with Crippen LogP contribution in [0.4, 0.5) is 11.4 Å². The summed E-state index contributed by atoms with van der Waals surface area (Å²) in [4.78, 5) is 51.6. The van der Waals surface area contributed by atoms with Gasteiger partial charge in [0.1, 0.15) is 5.75 Å². The Kier molecular flexibility index (Phi) is 15.2. The van der Waals surface area contributed by atoms with E-state index in [-0.39, 0.29) is 36.7 Å². The molecule has 3 aromatic rings. The van der Waals surface area contributed by atoms with Gasteiger partial charge in [0.25, 0.3) is 11.8 Å². The molecule has 0 saturated carbocycles. The largest absolute Gasteiger partial charge is 0.493 e. The van der Waals surface area contributed by atoms with E-state index in [0.29, 0.717) is 53.6 Å². The summed E-state index contributed by atoms with van der Waals surface area (Å²) >= 11 is 0. The van der Waals surface area contributed by atoms with Crippen LogP contribution in [0.25, 0.3) is 0 Å². The number of hydrogen-bond acceptors (Lipinski definition) is 5. The van der Waals surface area contributed by atoms with Crippen molar-refractivity contribution in [1.29, 1.82) is 0 Å². The highest BCUT2D eigenvalue weighted by atomic mass is 16.5. The van der Waals surface area contributed by atoms with Gasteiger partial charge < -0.3 is 26.0 Å². The fourth-order valence-electron chi connectivity index (χ4n) is 5.76. The summed E-state index contributed by atoms with van der Waals surface area (Å²) in [5.41, 5.74) is 3.84. The van der Waals surface area contributed by atoms with Crippen LogP contribution in [0.15, 0.2) is 66.7 Å². The molecule has 3 aromatic carbocycles. The highest BCUT2D eigenvalue weighted by Crippen LogP contribution is 2.22. The average molecular weight is 669 g/mol. The first-order chi connectivity index (χ1) is 23.8. The Balaban J connectivity index is 1.50. The summed E-state index contributed by atoms with van der Waals surface area (Å²) in [7, 11) is 0. The molecule has 0 fully saturated rings. The van der Waals surface area contributed by atoms with Crippen LogP contribution in [0, 0.1) is 5.92 Å². The van der Waals surface area contributed by atoms with Gasteiger partial charge in [0.05, 0.1) is 6.61 Å². The van der Waals surface area contributed by atoms with E-state index in [9.17, 15) is 19.2 Å². The van der Waals surface area contributed by atoms with Gasteiger partial charge >= 0.3 is 0 Å². The molecule has 1 atom stereocenters. The van der Waals surface area contributed by atoms with Gasteiger partial charge in [0, 0.05) is 48.4 Å². The molecule has 7 rings (SSSR count). The van der Waals surface area contributed by atoms with Crippen molar-refractivity contribution in [3.63, 3.8) is 0 Å². The van der Waals surface area contributed by atoms with Crippen molar-refractivity contribution in [2.45, 2.75) is 104 Å². The highest BCUT2D eigenvalue weighted by molar-refractivity contribution is 6.00. The van der Waals surface area contributed by atoms with E-state index in [1.165, 1.54) is 0 Å². The second-order valence-corrected chi connectivity index (χ2v) is 13.0. The Bertz CT molecular complexity index is 1420. The number of carbonyl (C=O) groups excluding carboxylic acids is 4. The summed E-state index contributed by atoms with van der Waals surface area (Å²) in [6, 6.07) is 19.8. The van der Waals surface area contributed by atoms with Gasteiger partial charge in [-0.25, -0.2) is 0 Å². The Morgan fingerprint density at radius 1 is 0.633 bits per heavy atom. The zero-order valence-electron chi connectivity index (χ0n) is 29.1. The van der Waals surface area contributed by atoms with Crippen LogP contribution >= 0.6 is 0 Å². The Labute approximate surface area is 291 Å². The molecule has 9 nitrogen and oxygen atoms in total. The first-order valence-electron chi connectivity index (χ1n) is 17.9. The lowest BCUT2D eigenvalue weighted by Crippen LogP contribution is -2.26. The van der Waals surface area contributed by atoms with Crippen molar-refractivity contribution in [3.05, 3.63) is 89.0 Å². The maximum atomic E-state index is 13.4. The molecular formula is C40H52N4O5. The summed E-state index contributed by atoms with van der Waals surface area (Å²) in [6.45, 7) is 5.39. The van der Waals surface area contributed by atoms with Gasteiger partial charge in [-0.2, -0.15) is 0 Å². The molecule has 4 aliphatic heterocycles. The lowest BCUT2D eigenvalue weighted by molar-refractivity contribution is -0.117. The Morgan fingerprint density at radius 3 is 1.55 bits per heavy atom. The molecule has 4 heterocycles. The molecule has 0 spiro atoms. The first kappa shape index (κ1) is 37.2. The monoisotopic (exact) mass is 668 g/mol. The highest BCUT2D eigenvalue weighted by Gasteiger charge is 2.16. The van der Waals surface area contributed by atoms with Crippen LogP contribution < -0.4 is 26.0 Å². The maximum absolute atomic E-state index is 13.4. The van der Waals surface area contributed by atoms with E-state index in [1.807, 2.05) is 48.5 Å². The third-order valence-electron chi connectivity index (χ3n) is 8.90. The fraction of sp³-hybridized carbons (Fsp3) is 0.450. The van der Waals surface area contributed by atoms with E-state index < -0.39 is 0 Å². The zero-order valence-corrected chi connectivity index (χ0v) is 29.1. The molecule has 9 heteroatoms. The summed E-state index contributed by atoms with van der Waals surface area (Å²) in [6.07, 6.45) is 10.8. The van der Waals surface area contributed by atoms with Crippen LogP contribution in [0.5, 0.6) is 5.75 Å². The van der Waals surface area contributed by atoms with Crippen LogP contribution in [0.3, 0.4) is 0 Å². The lowest BCUT2D eigenvalue weighted by Gasteiger charge is -2.17. The number of unbranched alkanes of at least 4 members (excludes halogenated alkanes) is 1. The normalized spacial score (nSPS) is 16.3. The fourth-order valence-corrected chi connectivity index (χ4v) is 5.76. The zero-order chi connectivity index (χ0) is 34.8. The lowest BCUT2D eigenvalue weighted by atomic mass is 10.0. The van der Waals surface area contributed by atoms with Crippen molar-refractivity contribution in [3.8, 4) is 5.75 Å². The third-order valence-corrected chi connectivity index (χ3v) is 8.90. The van der Waals surface area contributed by atoms with Crippen molar-refractivity contribution < 1.29 is 23.9 Å². The molecule has 4 N–H and O–H groups in total. The van der Waals surface area contributed by atoms with E-state index in [2.05, 4.69) is 35.1 Å². The number of nitrogens with one attached hydrogen (secondary N) is 4. The number of amides is 4. The summed E-state index contributed by atoms with van der Waals surface area (Å²) in [5, 5.41) is 11.8. The van der Waals surface area contributed by atoms with E-state index in [4.69, 9.17) is 4.74 Å². The molecule has 1 unspecified atom stereocenters. The molecule has 49 heavy (non-hydrogen) atoms. The van der Waals surface area contributed by atoms with Crippen molar-refractivity contribution in [1.82, 2.24) is 10.6 Å². The predicted molar refractivity (Wildman–Crippen MR) is 195 cm³/mol. The van der Waals surface area contributed by atoms with Crippen LogP contribution in [-0.2, 0) is 22.7 Å². The number of ether oxygens (including phenoxy) is 1. The topological polar surface area (TPSA) is 126 Å². The van der Waals surface area contributed by atoms with Gasteiger partial charge in [-0.1, -0.05) is 83.1 Å². The predicted octanol–water partition coefficient (Wildman–Crippen LogP) is 8.15.